The summed E-state index contributed by atoms with van der Waals surface area (Å²) in [5.41, 5.74) is 5.99. The molecule has 0 aliphatic carbocycles. The third-order valence-corrected chi connectivity index (χ3v) is 6.57. The molecule has 1 aliphatic rings. The van der Waals surface area contributed by atoms with Crippen molar-refractivity contribution in [2.75, 3.05) is 32.7 Å². The number of piperazine rings is 1. The number of carbonyl (C=O) groups is 1. The second kappa shape index (κ2) is 11.6. The van der Waals surface area contributed by atoms with Gasteiger partial charge in [-0.3, -0.25) is 14.4 Å². The quantitative estimate of drug-likeness (QED) is 0.615. The largest absolute Gasteiger partial charge is 0.352 e. The van der Waals surface area contributed by atoms with E-state index in [4.69, 9.17) is 0 Å². The molecule has 176 valence electrons. The van der Waals surface area contributed by atoms with E-state index >= 15 is 0 Å². The Balaban J connectivity index is 1.51. The molecular formula is C26H41N5O. The number of aryl methyl sites for hydroxylation is 1. The molecule has 6 nitrogen and oxygen atoms in total. The van der Waals surface area contributed by atoms with Crippen LogP contribution in [-0.4, -0.2) is 58.2 Å². The Morgan fingerprint density at radius 1 is 1.06 bits per heavy atom. The Kier molecular flexibility index (Phi) is 8.88. The molecule has 1 aromatic carbocycles. The summed E-state index contributed by atoms with van der Waals surface area (Å²) in [7, 11) is 0. The zero-order valence-electron chi connectivity index (χ0n) is 20.7. The Bertz CT molecular complexity index is 880. The minimum Gasteiger partial charge on any atom is -0.352 e. The topological polar surface area (TPSA) is 53.4 Å². The number of benzene rings is 1. The van der Waals surface area contributed by atoms with Crippen molar-refractivity contribution in [3.05, 3.63) is 52.3 Å². The Morgan fingerprint density at radius 2 is 1.72 bits per heavy atom. The SMILES string of the molecule is CCN1CCN(Cc2ccccc2CNC(=O)CCc2c(C)nn(CC(C)C)c2C)CC1. The molecule has 1 N–H and O–H groups in total. The maximum absolute atomic E-state index is 12.6. The van der Waals surface area contributed by atoms with Gasteiger partial charge in [-0.15, -0.1) is 0 Å². The van der Waals surface area contributed by atoms with Crippen LogP contribution in [0.15, 0.2) is 24.3 Å². The van der Waals surface area contributed by atoms with Crippen LogP contribution in [0.4, 0.5) is 0 Å². The van der Waals surface area contributed by atoms with E-state index < -0.39 is 0 Å². The number of amides is 1. The average molecular weight is 440 g/mol. The maximum Gasteiger partial charge on any atom is 0.220 e. The van der Waals surface area contributed by atoms with Crippen molar-refractivity contribution in [1.82, 2.24) is 24.9 Å². The fourth-order valence-electron chi connectivity index (χ4n) is 4.53. The summed E-state index contributed by atoms with van der Waals surface area (Å²) in [5.74, 6) is 0.659. The van der Waals surface area contributed by atoms with Crippen molar-refractivity contribution in [3.63, 3.8) is 0 Å². The first-order valence-corrected chi connectivity index (χ1v) is 12.2. The van der Waals surface area contributed by atoms with Crippen molar-refractivity contribution in [2.24, 2.45) is 5.92 Å². The van der Waals surface area contributed by atoms with Gasteiger partial charge in [-0.1, -0.05) is 45.0 Å². The molecule has 0 radical (unpaired) electrons. The zero-order chi connectivity index (χ0) is 23.1. The first-order chi connectivity index (χ1) is 15.4. The van der Waals surface area contributed by atoms with Gasteiger partial charge in [0.15, 0.2) is 0 Å². The number of hydrogen-bond donors (Lipinski definition) is 1. The highest BCUT2D eigenvalue weighted by Crippen LogP contribution is 2.17. The lowest BCUT2D eigenvalue weighted by atomic mass is 10.1. The molecular weight excluding hydrogens is 398 g/mol. The van der Waals surface area contributed by atoms with Gasteiger partial charge in [0, 0.05) is 57.9 Å². The van der Waals surface area contributed by atoms with Crippen LogP contribution in [0.1, 0.15) is 55.3 Å². The number of carbonyl (C=O) groups excluding carboxylic acids is 1. The third-order valence-electron chi connectivity index (χ3n) is 6.57. The lowest BCUT2D eigenvalue weighted by molar-refractivity contribution is -0.121. The molecule has 0 saturated carbocycles. The van der Waals surface area contributed by atoms with Crippen LogP contribution < -0.4 is 5.32 Å². The summed E-state index contributed by atoms with van der Waals surface area (Å²) in [6.45, 7) is 18.9. The van der Waals surface area contributed by atoms with Crippen molar-refractivity contribution < 1.29 is 4.79 Å². The van der Waals surface area contributed by atoms with E-state index in [1.165, 1.54) is 22.4 Å². The second-order valence-corrected chi connectivity index (χ2v) is 9.48. The maximum atomic E-state index is 12.6. The van der Waals surface area contributed by atoms with Crippen LogP contribution >= 0.6 is 0 Å². The summed E-state index contributed by atoms with van der Waals surface area (Å²) < 4.78 is 2.09. The Hall–Kier alpha value is -2.18. The van der Waals surface area contributed by atoms with Crippen LogP contribution in [0.5, 0.6) is 0 Å². The molecule has 1 aromatic heterocycles. The van der Waals surface area contributed by atoms with Crippen LogP contribution in [0.3, 0.4) is 0 Å². The zero-order valence-corrected chi connectivity index (χ0v) is 20.7. The van der Waals surface area contributed by atoms with Gasteiger partial charge in [0.2, 0.25) is 5.91 Å². The van der Waals surface area contributed by atoms with Crippen molar-refractivity contribution in [1.29, 1.82) is 0 Å². The van der Waals surface area contributed by atoms with Crippen molar-refractivity contribution in [3.8, 4) is 0 Å². The average Bonchev–Trinajstić information content (AvgIpc) is 3.04. The van der Waals surface area contributed by atoms with E-state index in [-0.39, 0.29) is 5.91 Å². The molecule has 1 fully saturated rings. The predicted octanol–water partition coefficient (Wildman–Crippen LogP) is 3.54. The molecule has 0 unspecified atom stereocenters. The lowest BCUT2D eigenvalue weighted by Crippen LogP contribution is -2.45. The van der Waals surface area contributed by atoms with Crippen LogP contribution in [0, 0.1) is 19.8 Å². The third kappa shape index (κ3) is 6.66. The van der Waals surface area contributed by atoms with E-state index in [0.717, 1.165) is 57.9 Å². The van der Waals surface area contributed by atoms with Crippen molar-refractivity contribution >= 4 is 5.91 Å². The van der Waals surface area contributed by atoms with Crippen LogP contribution in [-0.2, 0) is 30.8 Å². The summed E-state index contributed by atoms with van der Waals surface area (Å²) in [5, 5.41) is 7.82. The number of likely N-dealkylation sites (N-methyl/N-ethyl adjacent to an activating group) is 1. The van der Waals surface area contributed by atoms with Crippen molar-refractivity contribution in [2.45, 2.75) is 67.1 Å². The molecule has 1 amide bonds. The van der Waals surface area contributed by atoms with Gasteiger partial charge in [0.05, 0.1) is 5.69 Å². The number of hydrogen-bond acceptors (Lipinski definition) is 4. The highest BCUT2D eigenvalue weighted by Gasteiger charge is 2.17. The molecule has 6 heteroatoms. The van der Waals surface area contributed by atoms with Gasteiger partial charge in [-0.2, -0.15) is 5.10 Å². The molecule has 2 heterocycles. The molecule has 3 rings (SSSR count). The fraction of sp³-hybridized carbons (Fsp3) is 0.615. The van der Waals surface area contributed by atoms with E-state index in [1.54, 1.807) is 0 Å². The van der Waals surface area contributed by atoms with E-state index in [0.29, 0.717) is 18.9 Å². The number of aromatic nitrogens is 2. The molecule has 1 saturated heterocycles. The smallest absolute Gasteiger partial charge is 0.220 e. The second-order valence-electron chi connectivity index (χ2n) is 9.48. The fourth-order valence-corrected chi connectivity index (χ4v) is 4.53. The first kappa shape index (κ1) is 24.5. The summed E-state index contributed by atoms with van der Waals surface area (Å²) in [6, 6.07) is 8.50. The van der Waals surface area contributed by atoms with Gasteiger partial charge in [0.25, 0.3) is 0 Å². The number of nitrogens with zero attached hydrogens (tertiary/aromatic N) is 4. The van der Waals surface area contributed by atoms with E-state index in [2.05, 4.69) is 76.9 Å². The summed E-state index contributed by atoms with van der Waals surface area (Å²) >= 11 is 0. The minimum atomic E-state index is 0.103. The van der Waals surface area contributed by atoms with E-state index in [9.17, 15) is 4.79 Å². The first-order valence-electron chi connectivity index (χ1n) is 12.2. The standard InChI is InChI=1S/C26H41N5O/c1-6-29-13-15-30(16-14-29)19-24-10-8-7-9-23(24)17-27-26(32)12-11-25-21(4)28-31(22(25)5)18-20(2)3/h7-10,20H,6,11-19H2,1-5H3,(H,27,32). The van der Waals surface area contributed by atoms with Crippen LogP contribution in [0.25, 0.3) is 0 Å². The number of rotatable bonds is 10. The summed E-state index contributed by atoms with van der Waals surface area (Å²) in [4.78, 5) is 17.6. The Labute approximate surface area is 194 Å². The summed E-state index contributed by atoms with van der Waals surface area (Å²) in [6.07, 6.45) is 1.24. The molecule has 0 bridgehead atoms. The van der Waals surface area contributed by atoms with Gasteiger partial charge < -0.3 is 10.2 Å². The highest BCUT2D eigenvalue weighted by atomic mass is 16.1. The van der Waals surface area contributed by atoms with Gasteiger partial charge >= 0.3 is 0 Å². The monoisotopic (exact) mass is 439 g/mol. The molecule has 32 heavy (non-hydrogen) atoms. The molecule has 2 aromatic rings. The normalized spacial score (nSPS) is 15.4. The minimum absolute atomic E-state index is 0.103. The predicted molar refractivity (Wildman–Crippen MR) is 131 cm³/mol. The highest BCUT2D eigenvalue weighted by molar-refractivity contribution is 5.76. The molecule has 0 spiro atoms. The molecule has 1 aliphatic heterocycles. The molecule has 0 atom stereocenters. The van der Waals surface area contributed by atoms with E-state index in [1.807, 2.05) is 6.92 Å². The van der Waals surface area contributed by atoms with Crippen LogP contribution in [0.2, 0.25) is 0 Å². The Morgan fingerprint density at radius 3 is 2.38 bits per heavy atom. The number of nitrogens with one attached hydrogen (secondary N) is 1. The van der Waals surface area contributed by atoms with Gasteiger partial charge in [0.1, 0.15) is 0 Å². The van der Waals surface area contributed by atoms with Gasteiger partial charge in [-0.25, -0.2) is 0 Å². The lowest BCUT2D eigenvalue weighted by Gasteiger charge is -2.34. The van der Waals surface area contributed by atoms with Gasteiger partial charge in [-0.05, 0) is 49.4 Å².